The average Bonchev–Trinajstić information content (AvgIpc) is 2.59. The molecule has 0 spiro atoms. The van der Waals surface area contributed by atoms with Crippen LogP contribution in [0.15, 0.2) is 48.1 Å². The van der Waals surface area contributed by atoms with Gasteiger partial charge < -0.3 is 10.7 Å². The van der Waals surface area contributed by atoms with Crippen LogP contribution in [-0.4, -0.2) is 43.3 Å². The molecule has 134 valence electrons. The van der Waals surface area contributed by atoms with E-state index in [0.717, 1.165) is 57.4 Å². The molecule has 0 heterocycles. The lowest BCUT2D eigenvalue weighted by molar-refractivity contribution is 0.311. The third-order valence-corrected chi connectivity index (χ3v) is 4.55. The maximum atomic E-state index is 7.25. The maximum Gasteiger partial charge on any atom is 0.0289 e. The van der Waals surface area contributed by atoms with E-state index in [1.54, 1.807) is 0 Å². The zero-order valence-electron chi connectivity index (χ0n) is 15.6. The molecule has 1 atom stereocenters. The average molecular weight is 330 g/mol. The molecule has 0 saturated heterocycles. The molecule has 2 N–H and O–H groups in total. The van der Waals surface area contributed by atoms with Crippen molar-refractivity contribution in [3.8, 4) is 0 Å². The summed E-state index contributed by atoms with van der Waals surface area (Å²) in [6.45, 7) is 16.1. The van der Waals surface area contributed by atoms with Gasteiger partial charge in [-0.05, 0) is 56.7 Å². The topological polar surface area (TPSA) is 39.1 Å². The fourth-order valence-electron chi connectivity index (χ4n) is 2.88. The minimum absolute atomic E-state index is 0.369. The largest absolute Gasteiger partial charge is 0.309 e. The molecule has 0 bridgehead atoms. The summed E-state index contributed by atoms with van der Waals surface area (Å²) in [6, 6.07) is 0.369. The quantitative estimate of drug-likeness (QED) is 0.483. The summed E-state index contributed by atoms with van der Waals surface area (Å²) >= 11 is 0. The third-order valence-electron chi connectivity index (χ3n) is 4.55. The van der Waals surface area contributed by atoms with E-state index >= 15 is 0 Å². The van der Waals surface area contributed by atoms with Crippen LogP contribution >= 0.6 is 0 Å². The highest BCUT2D eigenvalue weighted by Crippen LogP contribution is 2.17. The Balaban J connectivity index is 2.45. The molecule has 1 aliphatic carbocycles. The summed E-state index contributed by atoms with van der Waals surface area (Å²) in [6.07, 6.45) is 14.0. The van der Waals surface area contributed by atoms with Crippen molar-refractivity contribution >= 4 is 6.21 Å². The van der Waals surface area contributed by atoms with E-state index in [-0.39, 0.29) is 0 Å². The first kappa shape index (κ1) is 20.6. The van der Waals surface area contributed by atoms with Crippen LogP contribution < -0.4 is 5.32 Å². The molecule has 0 saturated carbocycles. The van der Waals surface area contributed by atoms with Crippen molar-refractivity contribution in [1.29, 1.82) is 5.41 Å². The van der Waals surface area contributed by atoms with Gasteiger partial charge in [-0.1, -0.05) is 43.9 Å². The van der Waals surface area contributed by atoms with E-state index < -0.39 is 0 Å². The minimum atomic E-state index is 0.369. The first-order chi connectivity index (χ1) is 11.6. The van der Waals surface area contributed by atoms with Gasteiger partial charge >= 0.3 is 0 Å². The Morgan fingerprint density at radius 1 is 1.42 bits per heavy atom. The highest BCUT2D eigenvalue weighted by atomic mass is 15.1. The molecular weight excluding hydrogens is 294 g/mol. The fourth-order valence-corrected chi connectivity index (χ4v) is 2.88. The number of rotatable bonds is 9. The van der Waals surface area contributed by atoms with Crippen LogP contribution in [-0.2, 0) is 0 Å². The van der Waals surface area contributed by atoms with Crippen LogP contribution in [0.3, 0.4) is 0 Å². The lowest BCUT2D eigenvalue weighted by Crippen LogP contribution is -2.37. The smallest absolute Gasteiger partial charge is 0.0289 e. The van der Waals surface area contributed by atoms with E-state index in [1.807, 2.05) is 0 Å². The van der Waals surface area contributed by atoms with Crippen LogP contribution in [0.5, 0.6) is 0 Å². The van der Waals surface area contributed by atoms with Crippen LogP contribution in [0.2, 0.25) is 0 Å². The molecule has 1 rings (SSSR count). The van der Waals surface area contributed by atoms with Gasteiger partial charge in [0.25, 0.3) is 0 Å². The van der Waals surface area contributed by atoms with Crippen LogP contribution in [0.4, 0.5) is 0 Å². The molecule has 0 aromatic heterocycles. The van der Waals surface area contributed by atoms with Crippen molar-refractivity contribution in [3.63, 3.8) is 0 Å². The van der Waals surface area contributed by atoms with Gasteiger partial charge in [0.2, 0.25) is 0 Å². The van der Waals surface area contributed by atoms with Crippen LogP contribution in [0.25, 0.3) is 0 Å². The van der Waals surface area contributed by atoms with Gasteiger partial charge in [-0.2, -0.15) is 0 Å². The molecule has 3 nitrogen and oxygen atoms in total. The predicted octanol–water partition coefficient (Wildman–Crippen LogP) is 4.50. The molecule has 0 aliphatic heterocycles. The Morgan fingerprint density at radius 3 is 2.92 bits per heavy atom. The summed E-state index contributed by atoms with van der Waals surface area (Å²) in [5, 5.41) is 10.9. The minimum Gasteiger partial charge on any atom is -0.309 e. The predicted molar refractivity (Wildman–Crippen MR) is 107 cm³/mol. The summed E-state index contributed by atoms with van der Waals surface area (Å²) in [5.41, 5.74) is 3.65. The molecule has 3 heteroatoms. The van der Waals surface area contributed by atoms with E-state index in [9.17, 15) is 0 Å². The SMILES string of the molecule is C=C(C=N)CN(CC)CCN[C@@H](C)C1=CCCCC(=C)CCC=C1. The normalized spacial score (nSPS) is 17.5. The van der Waals surface area contributed by atoms with Crippen molar-refractivity contribution in [3.05, 3.63) is 48.1 Å². The Hall–Kier alpha value is -1.45. The third kappa shape index (κ3) is 8.42. The van der Waals surface area contributed by atoms with Gasteiger partial charge in [0, 0.05) is 31.9 Å². The second-order valence-corrected chi connectivity index (χ2v) is 6.63. The molecule has 1 aliphatic rings. The van der Waals surface area contributed by atoms with Crippen molar-refractivity contribution in [2.24, 2.45) is 0 Å². The van der Waals surface area contributed by atoms with Gasteiger partial charge in [0.1, 0.15) is 0 Å². The molecule has 0 aromatic rings. The van der Waals surface area contributed by atoms with E-state index in [4.69, 9.17) is 5.41 Å². The first-order valence-corrected chi connectivity index (χ1v) is 9.24. The van der Waals surface area contributed by atoms with E-state index in [1.165, 1.54) is 23.8 Å². The van der Waals surface area contributed by atoms with Crippen molar-refractivity contribution < 1.29 is 0 Å². The van der Waals surface area contributed by atoms with Crippen LogP contribution in [0, 0.1) is 5.41 Å². The van der Waals surface area contributed by atoms with Crippen LogP contribution in [0.1, 0.15) is 46.0 Å². The summed E-state index contributed by atoms with van der Waals surface area (Å²) in [7, 11) is 0. The molecule has 0 amide bonds. The number of nitrogens with one attached hydrogen (secondary N) is 2. The lowest BCUT2D eigenvalue weighted by Gasteiger charge is -2.23. The molecule has 0 unspecified atom stereocenters. The monoisotopic (exact) mass is 329 g/mol. The van der Waals surface area contributed by atoms with Crippen molar-refractivity contribution in [2.45, 2.75) is 52.0 Å². The highest BCUT2D eigenvalue weighted by Gasteiger charge is 2.08. The van der Waals surface area contributed by atoms with Gasteiger partial charge in [-0.15, -0.1) is 0 Å². The number of allylic oxidation sites excluding steroid dienone is 3. The van der Waals surface area contributed by atoms with Gasteiger partial charge in [0.05, 0.1) is 0 Å². The molecule has 0 radical (unpaired) electrons. The first-order valence-electron chi connectivity index (χ1n) is 9.24. The zero-order valence-corrected chi connectivity index (χ0v) is 15.6. The molecular formula is C21H35N3. The Morgan fingerprint density at radius 2 is 2.21 bits per heavy atom. The van der Waals surface area contributed by atoms with Gasteiger partial charge in [-0.25, -0.2) is 0 Å². The highest BCUT2D eigenvalue weighted by molar-refractivity contribution is 5.75. The number of nitrogens with zero attached hydrogens (tertiary/aromatic N) is 1. The van der Waals surface area contributed by atoms with E-state index in [2.05, 4.69) is 55.5 Å². The second kappa shape index (κ2) is 12.0. The number of hydrogen-bond acceptors (Lipinski definition) is 3. The summed E-state index contributed by atoms with van der Waals surface area (Å²) in [5.74, 6) is 0. The van der Waals surface area contributed by atoms with E-state index in [0.29, 0.717) is 6.04 Å². The molecule has 0 aromatic carbocycles. The fraction of sp³-hybridized carbons (Fsp3) is 0.571. The summed E-state index contributed by atoms with van der Waals surface area (Å²) in [4.78, 5) is 2.32. The number of hydrogen-bond donors (Lipinski definition) is 2. The standard InChI is InChI=1S/C21H35N3/c1-5-24(17-19(3)16-22)15-14-23-20(4)21-12-8-6-10-18(2)11-7-9-13-21/h8,12-13,16,20,22-23H,2-3,5-7,9-11,14-15,17H2,1,4H3/t20-/m0/s1. The Labute approximate surface area is 148 Å². The van der Waals surface area contributed by atoms with Crippen molar-refractivity contribution in [2.75, 3.05) is 26.2 Å². The molecule has 0 fully saturated rings. The summed E-state index contributed by atoms with van der Waals surface area (Å²) < 4.78 is 0. The molecule has 24 heavy (non-hydrogen) atoms. The maximum absolute atomic E-state index is 7.25. The Kier molecular flexibility index (Phi) is 10.3. The second-order valence-electron chi connectivity index (χ2n) is 6.63. The Bertz CT molecular complexity index is 473. The van der Waals surface area contributed by atoms with Gasteiger partial charge in [-0.3, -0.25) is 4.90 Å². The zero-order chi connectivity index (χ0) is 17.8. The van der Waals surface area contributed by atoms with Gasteiger partial charge in [0.15, 0.2) is 0 Å². The number of likely N-dealkylation sites (N-methyl/N-ethyl adjacent to an activating group) is 1. The van der Waals surface area contributed by atoms with Crippen molar-refractivity contribution in [1.82, 2.24) is 10.2 Å². The lowest BCUT2D eigenvalue weighted by atomic mass is 9.99.